The molecule has 0 bridgehead atoms. The highest BCUT2D eigenvalue weighted by Crippen LogP contribution is 2.23. The van der Waals surface area contributed by atoms with Gasteiger partial charge in [0.05, 0.1) is 30.3 Å². The molecule has 0 unspecified atom stereocenters. The molecule has 8 rings (SSSR count). The largest absolute Gasteiger partial charge is 0.481 e. The van der Waals surface area contributed by atoms with Crippen molar-refractivity contribution in [1.82, 2.24) is 30.2 Å². The Morgan fingerprint density at radius 2 is 1.12 bits per heavy atom. The first-order chi connectivity index (χ1) is 31.9. The van der Waals surface area contributed by atoms with E-state index in [9.17, 15) is 33.2 Å². The first-order valence-corrected chi connectivity index (χ1v) is 22.1. The average Bonchev–Trinajstić information content (AvgIpc) is 3.32. The van der Waals surface area contributed by atoms with Crippen molar-refractivity contribution in [3.63, 3.8) is 0 Å². The van der Waals surface area contributed by atoms with Gasteiger partial charge in [0.15, 0.2) is 11.6 Å². The molecule has 2 fully saturated rings. The molecule has 6 aromatic rings. The van der Waals surface area contributed by atoms with Gasteiger partial charge >= 0.3 is 5.97 Å². The maximum absolute atomic E-state index is 12.7. The van der Waals surface area contributed by atoms with Crippen LogP contribution in [0.1, 0.15) is 104 Å². The quantitative estimate of drug-likeness (QED) is 0.0866. The van der Waals surface area contributed by atoms with Crippen LogP contribution >= 0.6 is 0 Å². The zero-order valence-corrected chi connectivity index (χ0v) is 37.1. The summed E-state index contributed by atoms with van der Waals surface area (Å²) in [4.78, 5) is 87.8. The summed E-state index contributed by atoms with van der Waals surface area (Å²) >= 11 is 0. The van der Waals surface area contributed by atoms with E-state index in [2.05, 4.69) is 25.3 Å². The Hall–Kier alpha value is -6.67. The lowest BCUT2D eigenvalue weighted by Crippen LogP contribution is -2.40. The number of hydrogen-bond donors (Lipinski definition) is 4. The van der Waals surface area contributed by atoms with Crippen LogP contribution in [0.25, 0.3) is 21.8 Å². The average molecular weight is 904 g/mol. The van der Waals surface area contributed by atoms with E-state index in [0.29, 0.717) is 97.3 Å². The summed E-state index contributed by atoms with van der Waals surface area (Å²) in [5.74, 6) is 1.12. The Morgan fingerprint density at radius 3 is 1.58 bits per heavy atom. The van der Waals surface area contributed by atoms with Crippen LogP contribution in [-0.4, -0.2) is 86.7 Å². The molecule has 350 valence electrons. The predicted molar refractivity (Wildman–Crippen MR) is 258 cm³/mol. The Labute approximate surface area is 386 Å². The van der Waals surface area contributed by atoms with E-state index in [1.807, 2.05) is 91.5 Å². The van der Waals surface area contributed by atoms with Gasteiger partial charge in [0, 0.05) is 61.7 Å². The number of aryl methyl sites for hydroxylation is 4. The number of rotatable bonds is 12. The van der Waals surface area contributed by atoms with Crippen LogP contribution in [0, 0.1) is 25.7 Å². The molecule has 2 aliphatic heterocycles. The molecule has 4 heterocycles. The van der Waals surface area contributed by atoms with Crippen molar-refractivity contribution < 1.29 is 30.0 Å². The molecule has 1 amide bonds. The van der Waals surface area contributed by atoms with Crippen LogP contribution in [0.5, 0.6) is 0 Å². The highest BCUT2D eigenvalue weighted by atomic mass is 19.1. The number of carbonyl (C=O) groups excluding carboxylic acids is 3. The Balaban J connectivity index is 0.000000230. The molecule has 0 radical (unpaired) electrons. The first-order valence-electron chi connectivity index (χ1n) is 22.8. The Morgan fingerprint density at radius 1 is 0.682 bits per heavy atom. The second-order valence-electron chi connectivity index (χ2n) is 16.3. The number of aromatic amines is 2. The van der Waals surface area contributed by atoms with E-state index >= 15 is 0 Å². The summed E-state index contributed by atoms with van der Waals surface area (Å²) in [6, 6.07) is 29.9. The van der Waals surface area contributed by atoms with Crippen LogP contribution in [-0.2, 0) is 22.4 Å². The predicted octanol–water partition coefficient (Wildman–Crippen LogP) is 8.41. The molecule has 2 aromatic heterocycles. The van der Waals surface area contributed by atoms with Gasteiger partial charge in [0.25, 0.3) is 11.1 Å². The summed E-state index contributed by atoms with van der Waals surface area (Å²) in [6.45, 7) is 7.20. The summed E-state index contributed by atoms with van der Waals surface area (Å²) in [5.41, 5.74) is 4.88. The van der Waals surface area contributed by atoms with Crippen molar-refractivity contribution in [1.29, 1.82) is 0 Å². The van der Waals surface area contributed by atoms with Crippen molar-refractivity contribution in [2.24, 2.45) is 11.8 Å². The fourth-order valence-corrected chi connectivity index (χ4v) is 8.02. The molecular weight excluding hydrogens is 840 g/mol. The number of Topliss-reactive ketones (excluding diaryl/α,β-unsaturated/α-hetero) is 2. The molecule has 0 atom stereocenters. The van der Waals surface area contributed by atoms with E-state index in [1.165, 1.54) is 0 Å². The number of piperidine rings is 2. The van der Waals surface area contributed by atoms with Crippen LogP contribution in [0.3, 0.4) is 0 Å². The Kier molecular flexibility index (Phi) is 20.1. The highest BCUT2D eigenvalue weighted by molar-refractivity contribution is 5.98. The second-order valence-corrected chi connectivity index (χ2v) is 16.3. The van der Waals surface area contributed by atoms with Gasteiger partial charge in [-0.05, 0) is 102 Å². The lowest BCUT2D eigenvalue weighted by molar-refractivity contribution is -0.137. The molecule has 0 spiro atoms. The van der Waals surface area contributed by atoms with E-state index < -0.39 is 13.1 Å². The van der Waals surface area contributed by atoms with Crippen molar-refractivity contribution >= 4 is 45.2 Å². The Bertz CT molecular complexity index is 2690. The smallest absolute Gasteiger partial charge is 0.303 e. The lowest BCUT2D eigenvalue weighted by Gasteiger charge is -2.31. The molecule has 4 aromatic carbocycles. The number of ketones is 2. The molecule has 0 aliphatic carbocycles. The number of benzene rings is 4. The third-order valence-electron chi connectivity index (χ3n) is 11.5. The number of carboxylic acids is 1. The molecule has 66 heavy (non-hydrogen) atoms. The standard InChI is InChI=1S/C25H27N3O3.C13H17NO.C12H12N2O3.CH3F.CH4/c1-17-6-4-7-19(16-17)24(30)18-12-14-28(15-13-18)23(29)11-5-10-22-26-21-9-3-2-8-20(21)25(31)27-22;1-10-3-2-4-12(9-10)13(15)11-5-7-14-8-6-11;15-11(16)7-3-6-10-13-9-5-2-1-4-8(9)12(17)14-10;1-2;/h2-4,6-9,16,18H,5,10-15H2,1H3,(H,26,27,31);2-4,9,11,14H,5-8H2,1H3;1-2,4-5H,3,6-7H2,(H,15,16)(H,13,14,17);1H3;1H4/i;;;1D;. The number of alkyl halides is 1. The third kappa shape index (κ3) is 15.2. The fourth-order valence-electron chi connectivity index (χ4n) is 8.02. The van der Waals surface area contributed by atoms with E-state index in [-0.39, 0.29) is 48.5 Å². The minimum absolute atomic E-state index is 0. The van der Waals surface area contributed by atoms with E-state index in [1.54, 1.807) is 24.3 Å². The normalized spacial score (nSPS) is 13.9. The number of carboxylic acid groups (broad SMARTS) is 1. The van der Waals surface area contributed by atoms with Crippen LogP contribution in [0.2, 0.25) is 0 Å². The van der Waals surface area contributed by atoms with Gasteiger partial charge in [-0.15, -0.1) is 0 Å². The minimum atomic E-state index is -1.00. The zero-order chi connectivity index (χ0) is 47.4. The molecule has 0 saturated carbocycles. The van der Waals surface area contributed by atoms with Crippen LogP contribution in [0.4, 0.5) is 4.39 Å². The molecular formula is C52H63FN6O7. The number of aliphatic carboxylic acids is 1. The number of para-hydroxylation sites is 2. The van der Waals surface area contributed by atoms with Crippen LogP contribution < -0.4 is 16.4 Å². The number of aromatic nitrogens is 4. The lowest BCUT2D eigenvalue weighted by atomic mass is 9.88. The maximum Gasteiger partial charge on any atom is 0.303 e. The maximum atomic E-state index is 12.7. The minimum Gasteiger partial charge on any atom is -0.481 e. The summed E-state index contributed by atoms with van der Waals surface area (Å²) in [5, 5.41) is 12.9. The SMILES string of the molecule is C.Cc1cccc(C(=O)C2CCN(C(=O)CCCc3nc4ccccc4c(=O)[nH]3)CC2)c1.Cc1cccc(C(=O)C2CCNCC2)c1.O=C(O)CCCc1nc2ccccc2c(=O)[nH]1.[2H]CF. The van der Waals surface area contributed by atoms with Crippen molar-refractivity contribution in [2.45, 2.75) is 85.5 Å². The van der Waals surface area contributed by atoms with Crippen molar-refractivity contribution in [3.8, 4) is 0 Å². The summed E-state index contributed by atoms with van der Waals surface area (Å²) < 4.78 is 15.5. The number of likely N-dealkylation sites (tertiary alicyclic amines) is 1. The molecule has 2 aliphatic rings. The fraction of sp³-hybridized carbons (Fsp3) is 0.385. The van der Waals surface area contributed by atoms with E-state index in [4.69, 9.17) is 6.48 Å². The molecule has 14 heteroatoms. The molecule has 2 saturated heterocycles. The number of hydrogen-bond acceptors (Lipinski definition) is 9. The van der Waals surface area contributed by atoms with Crippen molar-refractivity contribution in [3.05, 3.63) is 152 Å². The van der Waals surface area contributed by atoms with Gasteiger partial charge in [-0.1, -0.05) is 79.2 Å². The zero-order valence-electron chi connectivity index (χ0n) is 38.1. The van der Waals surface area contributed by atoms with Gasteiger partial charge in [0.1, 0.15) is 11.6 Å². The number of amides is 1. The number of carbonyl (C=O) groups is 4. The van der Waals surface area contributed by atoms with Gasteiger partial charge in [-0.25, -0.2) is 9.97 Å². The summed E-state index contributed by atoms with van der Waals surface area (Å²) in [7, 11) is -1.00. The molecule has 13 nitrogen and oxygen atoms in total. The highest BCUT2D eigenvalue weighted by Gasteiger charge is 2.28. The van der Waals surface area contributed by atoms with Crippen molar-refractivity contribution in [2.75, 3.05) is 33.3 Å². The number of nitrogens with zero attached hydrogens (tertiary/aromatic N) is 3. The van der Waals surface area contributed by atoms with Gasteiger partial charge < -0.3 is 25.3 Å². The second kappa shape index (κ2) is 26.3. The third-order valence-corrected chi connectivity index (χ3v) is 11.5. The van der Waals surface area contributed by atoms with E-state index in [0.717, 1.165) is 48.2 Å². The summed E-state index contributed by atoms with van der Waals surface area (Å²) in [6.07, 6.45) is 5.97. The number of nitrogens with one attached hydrogen (secondary N) is 3. The first kappa shape index (κ1) is 50.3. The van der Waals surface area contributed by atoms with Gasteiger partial charge in [0.2, 0.25) is 5.91 Å². The number of fused-ring (bicyclic) bond motifs is 2. The number of H-pyrrole nitrogens is 2. The number of halogens is 1. The van der Waals surface area contributed by atoms with Crippen LogP contribution in [0.15, 0.2) is 107 Å². The monoisotopic (exact) mass is 903 g/mol. The molecule has 4 N–H and O–H groups in total. The van der Waals surface area contributed by atoms with Gasteiger partial charge in [-0.2, -0.15) is 0 Å². The topological polar surface area (TPSA) is 195 Å². The van der Waals surface area contributed by atoms with Gasteiger partial charge in [-0.3, -0.25) is 33.2 Å².